The molecule has 52 heavy (non-hydrogen) atoms. The SMILES string of the molecule is C[C@@]12CCC#C[C@@H](O)[C@@]3([C@H](C1)C1=CC(=O)[C@@H]4[C@]56CC[C@@H](Cn7ccnc7)C[C@]4(CC[C@@H]5[C@](C)([C@H](O)CO)[C@@H](O)CC6)[C@]1(C)C[C@@H]3O)C1(CCCC1)C2. The van der Waals surface area contributed by atoms with Crippen LogP contribution in [0.5, 0.6) is 0 Å². The Morgan fingerprint density at radius 2 is 1.73 bits per heavy atom. The molecule has 9 aliphatic carbocycles. The highest BCUT2D eigenvalue weighted by Crippen LogP contribution is 2.81. The van der Waals surface area contributed by atoms with Gasteiger partial charge in [-0.25, -0.2) is 4.98 Å². The molecule has 6 saturated carbocycles. The summed E-state index contributed by atoms with van der Waals surface area (Å²) in [5, 5.41) is 59.2. The van der Waals surface area contributed by atoms with E-state index < -0.39 is 58.1 Å². The molecule has 0 aliphatic heterocycles. The number of ketones is 1. The first-order chi connectivity index (χ1) is 24.8. The van der Waals surface area contributed by atoms with E-state index >= 15 is 4.79 Å². The molecular formula is C44H62N2O6. The summed E-state index contributed by atoms with van der Waals surface area (Å²) >= 11 is 0. The summed E-state index contributed by atoms with van der Waals surface area (Å²) in [6.07, 6.45) is 17.9. The molecule has 9 aliphatic rings. The van der Waals surface area contributed by atoms with Crippen LogP contribution >= 0.6 is 0 Å². The van der Waals surface area contributed by atoms with Crippen LogP contribution in [0.15, 0.2) is 30.4 Å². The second-order valence-electron chi connectivity index (χ2n) is 20.3. The van der Waals surface area contributed by atoms with E-state index in [9.17, 15) is 25.5 Å². The van der Waals surface area contributed by atoms with E-state index in [-0.39, 0.29) is 40.3 Å². The van der Waals surface area contributed by atoms with Gasteiger partial charge in [0.25, 0.3) is 0 Å². The van der Waals surface area contributed by atoms with Crippen LogP contribution in [0.3, 0.4) is 0 Å². The van der Waals surface area contributed by atoms with Gasteiger partial charge >= 0.3 is 0 Å². The summed E-state index contributed by atoms with van der Waals surface area (Å²) in [6.45, 7) is 7.17. The van der Waals surface area contributed by atoms with Crippen LogP contribution in [-0.2, 0) is 11.3 Å². The second kappa shape index (κ2) is 11.7. The summed E-state index contributed by atoms with van der Waals surface area (Å²) in [4.78, 5) is 20.0. The minimum atomic E-state index is -1.08. The number of carbonyl (C=O) groups excluding carboxylic acids is 1. The summed E-state index contributed by atoms with van der Waals surface area (Å²) in [5.74, 6) is 6.56. The number of aromatic nitrogens is 2. The van der Waals surface area contributed by atoms with Gasteiger partial charge in [0.15, 0.2) is 5.78 Å². The Kier molecular flexibility index (Phi) is 8.06. The van der Waals surface area contributed by atoms with Gasteiger partial charge in [0, 0.05) is 42.1 Å². The van der Waals surface area contributed by atoms with Gasteiger partial charge in [-0.2, -0.15) is 0 Å². The highest BCUT2D eigenvalue weighted by Gasteiger charge is 2.78. The largest absolute Gasteiger partial charge is 0.394 e. The third-order valence-electron chi connectivity index (χ3n) is 18.6. The Morgan fingerprint density at radius 3 is 2.46 bits per heavy atom. The first-order valence-electron chi connectivity index (χ1n) is 20.8. The van der Waals surface area contributed by atoms with Crippen LogP contribution in [0.1, 0.15) is 124 Å². The topological polar surface area (TPSA) is 136 Å². The van der Waals surface area contributed by atoms with Crippen molar-refractivity contribution >= 4 is 5.78 Å². The Bertz CT molecular complexity index is 1680. The lowest BCUT2D eigenvalue weighted by atomic mass is 9.29. The van der Waals surface area contributed by atoms with Crippen LogP contribution in [0.25, 0.3) is 0 Å². The van der Waals surface area contributed by atoms with Gasteiger partial charge in [-0.15, -0.1) is 5.92 Å². The molecule has 8 nitrogen and oxygen atoms in total. The van der Waals surface area contributed by atoms with Crippen LogP contribution in [0.2, 0.25) is 0 Å². The fourth-order valence-corrected chi connectivity index (χ4v) is 16.7. The lowest BCUT2D eigenvalue weighted by Crippen LogP contribution is -2.73. The number of hydrogen-bond donors (Lipinski definition) is 5. The number of imidazole rings is 1. The first-order valence-corrected chi connectivity index (χ1v) is 20.8. The number of allylic oxidation sites excluding steroid dienone is 2. The van der Waals surface area contributed by atoms with Crippen LogP contribution in [0.4, 0.5) is 0 Å². The minimum Gasteiger partial charge on any atom is -0.394 e. The molecule has 1 aromatic rings. The summed E-state index contributed by atoms with van der Waals surface area (Å²) in [6, 6.07) is 0. The van der Waals surface area contributed by atoms with Crippen molar-refractivity contribution in [2.24, 2.45) is 61.6 Å². The highest BCUT2D eigenvalue weighted by atomic mass is 16.3. The molecule has 284 valence electrons. The number of aliphatic hydroxyl groups is 5. The summed E-state index contributed by atoms with van der Waals surface area (Å²) in [7, 11) is 0. The van der Waals surface area contributed by atoms with E-state index in [1.54, 1.807) is 0 Å². The summed E-state index contributed by atoms with van der Waals surface area (Å²) in [5.41, 5.74) is -2.17. The van der Waals surface area contributed by atoms with Crippen molar-refractivity contribution in [2.45, 2.75) is 154 Å². The molecule has 0 saturated heterocycles. The van der Waals surface area contributed by atoms with Crippen molar-refractivity contribution < 1.29 is 30.3 Å². The van der Waals surface area contributed by atoms with Crippen LogP contribution in [-0.4, -0.2) is 71.9 Å². The quantitative estimate of drug-likeness (QED) is 0.257. The number of fused-ring (bicyclic) bond motifs is 4. The third-order valence-corrected chi connectivity index (χ3v) is 18.6. The molecular weight excluding hydrogens is 652 g/mol. The Morgan fingerprint density at radius 1 is 0.962 bits per heavy atom. The number of nitrogens with zero attached hydrogens (tertiary/aromatic N) is 2. The van der Waals surface area contributed by atoms with Crippen molar-refractivity contribution in [2.75, 3.05) is 6.61 Å². The predicted molar refractivity (Wildman–Crippen MR) is 196 cm³/mol. The molecule has 0 radical (unpaired) electrons. The Hall–Kier alpha value is -2.02. The zero-order chi connectivity index (χ0) is 36.5. The molecule has 1 heterocycles. The molecule has 6 fully saturated rings. The van der Waals surface area contributed by atoms with Crippen molar-refractivity contribution in [1.29, 1.82) is 0 Å². The molecule has 4 bridgehead atoms. The van der Waals surface area contributed by atoms with Crippen molar-refractivity contribution in [3.8, 4) is 11.8 Å². The molecule has 10 rings (SSSR count). The zero-order valence-corrected chi connectivity index (χ0v) is 31.7. The third kappa shape index (κ3) is 4.30. The average molecular weight is 715 g/mol. The Balaban J connectivity index is 1.26. The fourth-order valence-electron chi connectivity index (χ4n) is 16.7. The van der Waals surface area contributed by atoms with Gasteiger partial charge in [0.2, 0.25) is 0 Å². The molecule has 0 unspecified atom stereocenters. The second-order valence-corrected chi connectivity index (χ2v) is 20.3. The number of aliphatic hydroxyl groups excluding tert-OH is 5. The lowest BCUT2D eigenvalue weighted by Gasteiger charge is -2.74. The molecule has 8 heteroatoms. The van der Waals surface area contributed by atoms with Crippen molar-refractivity contribution in [3.63, 3.8) is 0 Å². The molecule has 3 spiro atoms. The van der Waals surface area contributed by atoms with E-state index in [2.05, 4.69) is 35.2 Å². The minimum absolute atomic E-state index is 0.00166. The van der Waals surface area contributed by atoms with Gasteiger partial charge in [-0.1, -0.05) is 45.1 Å². The smallest absolute Gasteiger partial charge is 0.159 e. The van der Waals surface area contributed by atoms with Gasteiger partial charge in [-0.05, 0) is 134 Å². The zero-order valence-electron chi connectivity index (χ0n) is 31.7. The fraction of sp³-hybridized carbons (Fsp3) is 0.818. The first kappa shape index (κ1) is 35.7. The maximum Gasteiger partial charge on any atom is 0.159 e. The maximum absolute atomic E-state index is 15.6. The summed E-state index contributed by atoms with van der Waals surface area (Å²) < 4.78 is 2.18. The van der Waals surface area contributed by atoms with Crippen LogP contribution < -0.4 is 0 Å². The molecule has 0 amide bonds. The molecule has 0 aromatic carbocycles. The average Bonchev–Trinajstić information content (AvgIpc) is 3.79. The molecule has 5 N–H and O–H groups in total. The molecule has 14 atom stereocenters. The van der Waals surface area contributed by atoms with Crippen LogP contribution in [0, 0.1) is 73.4 Å². The normalized spacial score (nSPS) is 50.9. The standard InChI is InChI=1S/C44H62N2O6/c1-38-12-5-4-8-34(50)44(41(26-38)13-6-7-14-41)30(22-38)29-20-31(48)37-42-15-9-28(24-46-19-18-45-27-46)21-43(37,39(29,2)23-35(44)51)17-10-32(42)40(3,36(52)25-47)33(49)11-16-42/h18-20,27-28,30,32-37,47,49-52H,5-7,9-17,21-26H2,1-3H3/t28-,30-,32-,33+,34-,35+,36-,37-,38-,39-,40+,42+,43+,44-/m1/s1. The van der Waals surface area contributed by atoms with Crippen molar-refractivity contribution in [3.05, 3.63) is 30.4 Å². The van der Waals surface area contributed by atoms with E-state index in [0.717, 1.165) is 90.0 Å². The van der Waals surface area contributed by atoms with Gasteiger partial charge in [0.05, 0.1) is 31.2 Å². The van der Waals surface area contributed by atoms with Gasteiger partial charge < -0.3 is 30.1 Å². The molecule has 1 aromatic heterocycles. The highest BCUT2D eigenvalue weighted by molar-refractivity contribution is 5.96. The van der Waals surface area contributed by atoms with Crippen molar-refractivity contribution in [1.82, 2.24) is 9.55 Å². The van der Waals surface area contributed by atoms with E-state index in [1.807, 2.05) is 31.7 Å². The number of carbonyl (C=O) groups is 1. The maximum atomic E-state index is 15.6. The number of rotatable bonds is 4. The van der Waals surface area contributed by atoms with E-state index in [4.69, 9.17) is 0 Å². The van der Waals surface area contributed by atoms with Gasteiger partial charge in [0.1, 0.15) is 6.10 Å². The monoisotopic (exact) mass is 714 g/mol. The van der Waals surface area contributed by atoms with Gasteiger partial charge in [-0.3, -0.25) is 4.79 Å². The number of hydrogen-bond acceptors (Lipinski definition) is 7. The lowest BCUT2D eigenvalue weighted by molar-refractivity contribution is -0.263. The van der Waals surface area contributed by atoms with E-state index in [0.29, 0.717) is 19.3 Å². The van der Waals surface area contributed by atoms with E-state index in [1.165, 1.54) is 5.57 Å². The Labute approximate surface area is 309 Å². The predicted octanol–water partition coefficient (Wildman–Crippen LogP) is 5.60.